The van der Waals surface area contributed by atoms with E-state index in [1.54, 1.807) is 0 Å². The quantitative estimate of drug-likeness (QED) is 0.667. The standard InChI is InChI=1S/C13H15F3N2O3/c14-13(15,16)11-2-1-8(6-17-11)18-12(21)7-3-9(19)5-10(20)4-7/h3-5,8,11,17,19-20H,1-2,6H2,(H,18,21). The minimum atomic E-state index is -4.29. The van der Waals surface area contributed by atoms with Gasteiger partial charge < -0.3 is 20.8 Å². The van der Waals surface area contributed by atoms with Crippen molar-refractivity contribution < 1.29 is 28.2 Å². The number of phenols is 2. The van der Waals surface area contributed by atoms with Crippen LogP contribution in [0.25, 0.3) is 0 Å². The number of hydrogen-bond donors (Lipinski definition) is 4. The van der Waals surface area contributed by atoms with Crippen LogP contribution in [0.15, 0.2) is 18.2 Å². The zero-order chi connectivity index (χ0) is 15.6. The van der Waals surface area contributed by atoms with E-state index in [0.717, 1.165) is 6.07 Å². The Balaban J connectivity index is 1.93. The van der Waals surface area contributed by atoms with Gasteiger partial charge in [-0.15, -0.1) is 0 Å². The molecule has 0 radical (unpaired) electrons. The summed E-state index contributed by atoms with van der Waals surface area (Å²) in [4.78, 5) is 11.9. The van der Waals surface area contributed by atoms with E-state index < -0.39 is 24.2 Å². The summed E-state index contributed by atoms with van der Waals surface area (Å²) in [6.45, 7) is 0.0146. The average Bonchev–Trinajstić information content (AvgIpc) is 2.37. The molecule has 0 spiro atoms. The lowest BCUT2D eigenvalue weighted by molar-refractivity contribution is -0.160. The van der Waals surface area contributed by atoms with Crippen LogP contribution in [0.3, 0.4) is 0 Å². The Morgan fingerprint density at radius 3 is 2.29 bits per heavy atom. The highest BCUT2D eigenvalue weighted by molar-refractivity contribution is 5.95. The first-order chi connectivity index (χ1) is 9.75. The van der Waals surface area contributed by atoms with E-state index >= 15 is 0 Å². The summed E-state index contributed by atoms with van der Waals surface area (Å²) in [5.74, 6) is -1.09. The number of hydrogen-bond acceptors (Lipinski definition) is 4. The van der Waals surface area contributed by atoms with E-state index in [0.29, 0.717) is 0 Å². The molecule has 1 fully saturated rings. The molecule has 5 nitrogen and oxygen atoms in total. The van der Waals surface area contributed by atoms with Gasteiger partial charge in [0.2, 0.25) is 0 Å². The number of alkyl halides is 3. The van der Waals surface area contributed by atoms with Gasteiger partial charge in [0, 0.05) is 24.2 Å². The van der Waals surface area contributed by atoms with Crippen LogP contribution in [0.5, 0.6) is 11.5 Å². The van der Waals surface area contributed by atoms with E-state index in [2.05, 4.69) is 10.6 Å². The topological polar surface area (TPSA) is 81.6 Å². The summed E-state index contributed by atoms with van der Waals surface area (Å²) < 4.78 is 37.4. The molecule has 116 valence electrons. The normalized spacial score (nSPS) is 22.8. The number of nitrogens with one attached hydrogen (secondary N) is 2. The molecule has 0 aromatic heterocycles. The first-order valence-corrected chi connectivity index (χ1v) is 6.39. The number of aromatic hydroxyl groups is 2. The molecule has 0 saturated carbocycles. The second kappa shape index (κ2) is 5.80. The lowest BCUT2D eigenvalue weighted by Gasteiger charge is -2.31. The van der Waals surface area contributed by atoms with Crippen LogP contribution >= 0.6 is 0 Å². The van der Waals surface area contributed by atoms with E-state index in [9.17, 15) is 28.2 Å². The third kappa shape index (κ3) is 4.01. The molecule has 0 bridgehead atoms. The second-order valence-corrected chi connectivity index (χ2v) is 4.99. The number of benzene rings is 1. The highest BCUT2D eigenvalue weighted by Crippen LogP contribution is 2.26. The number of amides is 1. The van der Waals surface area contributed by atoms with Gasteiger partial charge in [-0.2, -0.15) is 13.2 Å². The first kappa shape index (κ1) is 15.4. The zero-order valence-electron chi connectivity index (χ0n) is 10.9. The van der Waals surface area contributed by atoms with Crippen LogP contribution in [0.1, 0.15) is 23.2 Å². The molecule has 2 rings (SSSR count). The monoisotopic (exact) mass is 304 g/mol. The van der Waals surface area contributed by atoms with Crippen molar-refractivity contribution in [2.75, 3.05) is 6.54 Å². The number of carbonyl (C=O) groups excluding carboxylic acids is 1. The lowest BCUT2D eigenvalue weighted by atomic mass is 10.00. The predicted molar refractivity (Wildman–Crippen MR) is 68.1 cm³/mol. The van der Waals surface area contributed by atoms with Crippen molar-refractivity contribution in [1.82, 2.24) is 10.6 Å². The summed E-state index contributed by atoms with van der Waals surface area (Å²) in [6.07, 6.45) is -4.20. The number of carbonyl (C=O) groups is 1. The van der Waals surface area contributed by atoms with Crippen molar-refractivity contribution in [3.8, 4) is 11.5 Å². The van der Waals surface area contributed by atoms with Gasteiger partial charge in [-0.05, 0) is 25.0 Å². The molecule has 0 aliphatic carbocycles. The van der Waals surface area contributed by atoms with Crippen molar-refractivity contribution in [3.05, 3.63) is 23.8 Å². The Morgan fingerprint density at radius 1 is 1.19 bits per heavy atom. The molecule has 8 heteroatoms. The third-order valence-electron chi connectivity index (χ3n) is 3.31. The fraction of sp³-hybridized carbons (Fsp3) is 0.462. The van der Waals surface area contributed by atoms with E-state index in [1.165, 1.54) is 12.1 Å². The minimum absolute atomic E-state index is 0.0146. The van der Waals surface area contributed by atoms with Crippen LogP contribution in [0.2, 0.25) is 0 Å². The van der Waals surface area contributed by atoms with E-state index in [-0.39, 0.29) is 36.4 Å². The molecule has 1 heterocycles. The summed E-state index contributed by atoms with van der Waals surface area (Å²) in [5, 5.41) is 23.5. The maximum absolute atomic E-state index is 12.5. The minimum Gasteiger partial charge on any atom is -0.508 e. The van der Waals surface area contributed by atoms with Crippen molar-refractivity contribution >= 4 is 5.91 Å². The molecule has 1 saturated heterocycles. The summed E-state index contributed by atoms with van der Waals surface area (Å²) >= 11 is 0. The van der Waals surface area contributed by atoms with Gasteiger partial charge in [-0.1, -0.05) is 0 Å². The molecule has 21 heavy (non-hydrogen) atoms. The van der Waals surface area contributed by atoms with Crippen molar-refractivity contribution in [2.45, 2.75) is 31.1 Å². The molecule has 2 unspecified atom stereocenters. The number of halogens is 3. The van der Waals surface area contributed by atoms with Gasteiger partial charge in [-0.3, -0.25) is 4.79 Å². The largest absolute Gasteiger partial charge is 0.508 e. The maximum Gasteiger partial charge on any atom is 0.403 e. The third-order valence-corrected chi connectivity index (χ3v) is 3.31. The van der Waals surface area contributed by atoms with Crippen molar-refractivity contribution in [1.29, 1.82) is 0 Å². The smallest absolute Gasteiger partial charge is 0.403 e. The molecule has 1 aromatic carbocycles. The Morgan fingerprint density at radius 2 is 1.81 bits per heavy atom. The van der Waals surface area contributed by atoms with Gasteiger partial charge in [0.15, 0.2) is 0 Å². The number of phenolic OH excluding ortho intramolecular Hbond substituents is 2. The van der Waals surface area contributed by atoms with E-state index in [1.807, 2.05) is 0 Å². The Kier molecular flexibility index (Phi) is 4.26. The maximum atomic E-state index is 12.5. The Bertz CT molecular complexity index is 506. The molecule has 1 amide bonds. The summed E-state index contributed by atoms with van der Waals surface area (Å²) in [5.41, 5.74) is 0.0467. The molecule has 4 N–H and O–H groups in total. The number of rotatable bonds is 2. The van der Waals surface area contributed by atoms with Gasteiger partial charge in [0.25, 0.3) is 5.91 Å². The second-order valence-electron chi connectivity index (χ2n) is 4.99. The van der Waals surface area contributed by atoms with E-state index in [4.69, 9.17) is 0 Å². The van der Waals surface area contributed by atoms with Crippen LogP contribution in [-0.2, 0) is 0 Å². The van der Waals surface area contributed by atoms with Crippen LogP contribution in [0.4, 0.5) is 13.2 Å². The fourth-order valence-corrected chi connectivity index (χ4v) is 2.25. The molecular weight excluding hydrogens is 289 g/mol. The molecule has 1 aliphatic heterocycles. The van der Waals surface area contributed by atoms with Crippen molar-refractivity contribution in [3.63, 3.8) is 0 Å². The predicted octanol–water partition coefficient (Wildman–Crippen LogP) is 1.51. The number of piperidine rings is 1. The van der Waals surface area contributed by atoms with Gasteiger partial charge >= 0.3 is 6.18 Å². The van der Waals surface area contributed by atoms with Crippen LogP contribution < -0.4 is 10.6 Å². The molecule has 2 atom stereocenters. The Labute approximate surface area is 118 Å². The highest BCUT2D eigenvalue weighted by atomic mass is 19.4. The molecule has 1 aliphatic rings. The van der Waals surface area contributed by atoms with Gasteiger partial charge in [0.05, 0.1) is 0 Å². The summed E-state index contributed by atoms with van der Waals surface area (Å²) in [7, 11) is 0. The average molecular weight is 304 g/mol. The van der Waals surface area contributed by atoms with Gasteiger partial charge in [-0.25, -0.2) is 0 Å². The van der Waals surface area contributed by atoms with Gasteiger partial charge in [0.1, 0.15) is 17.5 Å². The molecular formula is C13H15F3N2O3. The molecule has 1 aromatic rings. The Hall–Kier alpha value is -1.96. The van der Waals surface area contributed by atoms with Crippen LogP contribution in [0, 0.1) is 0 Å². The highest BCUT2D eigenvalue weighted by Gasteiger charge is 2.41. The zero-order valence-corrected chi connectivity index (χ0v) is 10.9. The fourth-order valence-electron chi connectivity index (χ4n) is 2.25. The SMILES string of the molecule is O=C(NC1CCC(C(F)(F)F)NC1)c1cc(O)cc(O)c1. The first-order valence-electron chi connectivity index (χ1n) is 6.39. The lowest BCUT2D eigenvalue weighted by Crippen LogP contribution is -2.54. The van der Waals surface area contributed by atoms with Crippen LogP contribution in [-0.4, -0.2) is 40.9 Å². The van der Waals surface area contributed by atoms with Crippen molar-refractivity contribution in [2.24, 2.45) is 0 Å². The summed E-state index contributed by atoms with van der Waals surface area (Å²) in [6, 6.07) is 1.44.